The average Bonchev–Trinajstić information content (AvgIpc) is 2.57. The Labute approximate surface area is 96.7 Å². The van der Waals surface area contributed by atoms with Gasteiger partial charge in [0, 0.05) is 16.5 Å². The molecule has 0 unspecified atom stereocenters. The Hall–Kier alpha value is -0.650. The maximum absolute atomic E-state index is 11.5. The Balaban J connectivity index is 2.32. The van der Waals surface area contributed by atoms with Gasteiger partial charge in [0.25, 0.3) is 0 Å². The first kappa shape index (κ1) is 9.89. The number of carbonyl (C=O) groups is 1. The molecule has 4 heteroatoms. The lowest BCUT2D eigenvalue weighted by molar-refractivity contribution is -0.117. The highest BCUT2D eigenvalue weighted by Gasteiger charge is 2.22. The van der Waals surface area contributed by atoms with Gasteiger partial charge in [0.15, 0.2) is 0 Å². The minimum atomic E-state index is 0.193. The van der Waals surface area contributed by atoms with Crippen LogP contribution in [0.2, 0.25) is 0 Å². The molecule has 2 heterocycles. The average molecular weight is 302 g/mol. The molecule has 74 valence electrons. The van der Waals surface area contributed by atoms with Crippen molar-refractivity contribution in [1.82, 2.24) is 4.98 Å². The quantitative estimate of drug-likeness (QED) is 0.745. The van der Waals surface area contributed by atoms with Crippen molar-refractivity contribution in [2.45, 2.75) is 19.8 Å². The Bertz CT molecular complexity index is 378. The van der Waals surface area contributed by atoms with Crippen LogP contribution in [0, 0.1) is 10.5 Å². The van der Waals surface area contributed by atoms with E-state index in [1.54, 1.807) is 4.90 Å². The van der Waals surface area contributed by atoms with Crippen molar-refractivity contribution in [3.05, 3.63) is 21.4 Å². The number of halogens is 1. The summed E-state index contributed by atoms with van der Waals surface area (Å²) in [6.07, 6.45) is 1.61. The van der Waals surface area contributed by atoms with Crippen LogP contribution in [0.4, 0.5) is 5.82 Å². The van der Waals surface area contributed by atoms with Gasteiger partial charge >= 0.3 is 0 Å². The van der Waals surface area contributed by atoms with E-state index in [2.05, 4.69) is 27.6 Å². The fraction of sp³-hybridized carbons (Fsp3) is 0.400. The summed E-state index contributed by atoms with van der Waals surface area (Å²) >= 11 is 2.24. The van der Waals surface area contributed by atoms with Gasteiger partial charge in [-0.3, -0.25) is 9.69 Å². The van der Waals surface area contributed by atoms with Crippen LogP contribution in [0.15, 0.2) is 12.1 Å². The van der Waals surface area contributed by atoms with Gasteiger partial charge in [-0.05, 0) is 48.1 Å². The fourth-order valence-corrected chi connectivity index (χ4v) is 1.87. The molecular formula is C10H11IN2O. The molecule has 0 bridgehead atoms. The van der Waals surface area contributed by atoms with Crippen molar-refractivity contribution in [3.8, 4) is 0 Å². The second kappa shape index (κ2) is 3.84. The smallest absolute Gasteiger partial charge is 0.228 e. The molecule has 1 saturated heterocycles. The number of pyridine rings is 1. The van der Waals surface area contributed by atoms with Crippen LogP contribution in [0.1, 0.15) is 18.5 Å². The fourth-order valence-electron chi connectivity index (χ4n) is 1.57. The number of hydrogen-bond acceptors (Lipinski definition) is 2. The molecule has 0 radical (unpaired) electrons. The molecule has 1 aliphatic heterocycles. The standard InChI is InChI=1S/C10H11IN2O/c1-7-8(11)4-5-9(12-7)13-6-2-3-10(13)14/h4-5H,2-3,6H2,1H3. The zero-order valence-corrected chi connectivity index (χ0v) is 10.1. The zero-order chi connectivity index (χ0) is 10.1. The molecule has 1 amide bonds. The van der Waals surface area contributed by atoms with Gasteiger partial charge in [-0.1, -0.05) is 0 Å². The second-order valence-electron chi connectivity index (χ2n) is 3.39. The van der Waals surface area contributed by atoms with E-state index >= 15 is 0 Å². The van der Waals surface area contributed by atoms with Crippen molar-refractivity contribution in [1.29, 1.82) is 0 Å². The minimum absolute atomic E-state index is 0.193. The Morgan fingerprint density at radius 3 is 2.86 bits per heavy atom. The summed E-state index contributed by atoms with van der Waals surface area (Å²) in [6.45, 7) is 2.78. The first-order chi connectivity index (χ1) is 6.68. The van der Waals surface area contributed by atoms with Crippen LogP contribution in [0.25, 0.3) is 0 Å². The van der Waals surface area contributed by atoms with E-state index in [4.69, 9.17) is 0 Å². The molecule has 0 aromatic carbocycles. The number of amides is 1. The molecule has 1 aromatic rings. The summed E-state index contributed by atoms with van der Waals surface area (Å²) in [5.74, 6) is 0.989. The first-order valence-electron chi connectivity index (χ1n) is 4.62. The topological polar surface area (TPSA) is 33.2 Å². The lowest BCUT2D eigenvalue weighted by atomic mass is 10.3. The lowest BCUT2D eigenvalue weighted by Crippen LogP contribution is -2.24. The van der Waals surface area contributed by atoms with E-state index < -0.39 is 0 Å². The van der Waals surface area contributed by atoms with E-state index in [9.17, 15) is 4.79 Å². The second-order valence-corrected chi connectivity index (χ2v) is 4.55. The molecule has 3 nitrogen and oxygen atoms in total. The zero-order valence-electron chi connectivity index (χ0n) is 7.96. The highest BCUT2D eigenvalue weighted by Crippen LogP contribution is 2.21. The molecule has 1 aromatic heterocycles. The van der Waals surface area contributed by atoms with E-state index in [-0.39, 0.29) is 5.91 Å². The number of aromatic nitrogens is 1. The largest absolute Gasteiger partial charge is 0.297 e. The summed E-state index contributed by atoms with van der Waals surface area (Å²) in [5, 5.41) is 0. The van der Waals surface area contributed by atoms with E-state index in [1.165, 1.54) is 0 Å². The highest BCUT2D eigenvalue weighted by molar-refractivity contribution is 14.1. The molecule has 0 aliphatic carbocycles. The van der Waals surface area contributed by atoms with E-state index in [0.29, 0.717) is 6.42 Å². The number of rotatable bonds is 1. The van der Waals surface area contributed by atoms with Crippen molar-refractivity contribution in [3.63, 3.8) is 0 Å². The molecule has 0 N–H and O–H groups in total. The van der Waals surface area contributed by atoms with Crippen LogP contribution < -0.4 is 4.90 Å². The Kier molecular flexibility index (Phi) is 2.71. The number of nitrogens with zero attached hydrogens (tertiary/aromatic N) is 2. The summed E-state index contributed by atoms with van der Waals surface area (Å²) in [5.41, 5.74) is 0.989. The van der Waals surface area contributed by atoms with E-state index in [0.717, 1.165) is 28.0 Å². The number of anilines is 1. The monoisotopic (exact) mass is 302 g/mol. The predicted molar refractivity (Wildman–Crippen MR) is 63.3 cm³/mol. The van der Waals surface area contributed by atoms with E-state index in [1.807, 2.05) is 19.1 Å². The summed E-state index contributed by atoms with van der Waals surface area (Å²) in [7, 11) is 0. The van der Waals surface area contributed by atoms with Crippen LogP contribution in [0.3, 0.4) is 0 Å². The van der Waals surface area contributed by atoms with Crippen molar-refractivity contribution in [2.24, 2.45) is 0 Å². The normalized spacial score (nSPS) is 16.4. The molecule has 0 saturated carbocycles. The van der Waals surface area contributed by atoms with Crippen LogP contribution in [-0.2, 0) is 4.79 Å². The van der Waals surface area contributed by atoms with Gasteiger partial charge in [-0.25, -0.2) is 4.98 Å². The lowest BCUT2D eigenvalue weighted by Gasteiger charge is -2.14. The third kappa shape index (κ3) is 1.75. The third-order valence-corrected chi connectivity index (χ3v) is 3.50. The number of hydrogen-bond donors (Lipinski definition) is 0. The summed E-state index contributed by atoms with van der Waals surface area (Å²) < 4.78 is 1.14. The van der Waals surface area contributed by atoms with Crippen molar-refractivity contribution in [2.75, 3.05) is 11.4 Å². The molecule has 0 atom stereocenters. The molecule has 1 aliphatic rings. The maximum Gasteiger partial charge on any atom is 0.228 e. The van der Waals surface area contributed by atoms with Gasteiger partial charge in [0.05, 0.1) is 5.69 Å². The van der Waals surface area contributed by atoms with Gasteiger partial charge in [-0.15, -0.1) is 0 Å². The SMILES string of the molecule is Cc1nc(N2CCCC2=O)ccc1I. The third-order valence-electron chi connectivity index (χ3n) is 2.36. The van der Waals surface area contributed by atoms with Crippen molar-refractivity contribution >= 4 is 34.3 Å². The highest BCUT2D eigenvalue weighted by atomic mass is 127. The first-order valence-corrected chi connectivity index (χ1v) is 5.70. The molecule has 0 spiro atoms. The Morgan fingerprint density at radius 1 is 1.50 bits per heavy atom. The minimum Gasteiger partial charge on any atom is -0.297 e. The van der Waals surface area contributed by atoms with Gasteiger partial charge in [0.2, 0.25) is 5.91 Å². The van der Waals surface area contributed by atoms with Crippen molar-refractivity contribution < 1.29 is 4.79 Å². The molecular weight excluding hydrogens is 291 g/mol. The van der Waals surface area contributed by atoms with Crippen LogP contribution in [-0.4, -0.2) is 17.4 Å². The molecule has 2 rings (SSSR count). The summed E-state index contributed by atoms with van der Waals surface area (Å²) in [4.78, 5) is 17.6. The van der Waals surface area contributed by atoms with Crippen LogP contribution >= 0.6 is 22.6 Å². The predicted octanol–water partition coefficient (Wildman–Crippen LogP) is 2.12. The Morgan fingerprint density at radius 2 is 2.29 bits per heavy atom. The molecule has 14 heavy (non-hydrogen) atoms. The summed E-state index contributed by atoms with van der Waals surface area (Å²) in [6, 6.07) is 3.92. The van der Waals surface area contributed by atoms with Gasteiger partial charge in [-0.2, -0.15) is 0 Å². The molecule has 1 fully saturated rings. The van der Waals surface area contributed by atoms with Gasteiger partial charge < -0.3 is 0 Å². The number of aryl methyl sites for hydroxylation is 1. The van der Waals surface area contributed by atoms with Crippen LogP contribution in [0.5, 0.6) is 0 Å². The van der Waals surface area contributed by atoms with Gasteiger partial charge in [0.1, 0.15) is 5.82 Å². The maximum atomic E-state index is 11.5. The number of carbonyl (C=O) groups excluding carboxylic acids is 1.